The van der Waals surface area contributed by atoms with Gasteiger partial charge in [-0.05, 0) is 177 Å². The first-order chi connectivity index (χ1) is 49.2. The van der Waals surface area contributed by atoms with Crippen LogP contribution in [-0.2, 0) is 27.1 Å². The average Bonchev–Trinajstić information content (AvgIpc) is 1.13. The van der Waals surface area contributed by atoms with E-state index in [1.165, 1.54) is 121 Å². The SMILES string of the molecule is CC(C)(C)c1ccc(-c2ccc(-c3ccc(C(C)(C)C)cc3)c(N3c4cc(-n5c6ccccc6c6ccccc65)ccc4B4c5ccc(-n6c7ccccc7c7ccccc76)cc5N(c5cc(-c6ccc(C(C)(C)C)cc6)ccc5-c5ccc(C(C)(C)C)cc5)c5cc(C(C)(C)C)cc3c54)c2)cc1. The van der Waals surface area contributed by atoms with E-state index < -0.39 is 0 Å². The molecule has 4 heterocycles. The second-order valence-corrected chi connectivity index (χ2v) is 34.3. The molecule has 0 saturated heterocycles. The Morgan fingerprint density at radius 3 is 0.806 bits per heavy atom. The lowest BCUT2D eigenvalue weighted by molar-refractivity contribution is 0.590. The molecule has 13 aromatic carbocycles. The number of anilines is 6. The van der Waals surface area contributed by atoms with Gasteiger partial charge in [0.2, 0.25) is 0 Å². The minimum Gasteiger partial charge on any atom is -0.311 e. The first-order valence-corrected chi connectivity index (χ1v) is 37.0. The normalized spacial score (nSPS) is 13.3. The third kappa shape index (κ3) is 11.1. The highest BCUT2D eigenvalue weighted by molar-refractivity contribution is 7.00. The zero-order valence-corrected chi connectivity index (χ0v) is 62.4. The zero-order valence-electron chi connectivity index (χ0n) is 62.4. The molecule has 0 fully saturated rings. The Morgan fingerprint density at radius 2 is 0.505 bits per heavy atom. The summed E-state index contributed by atoms with van der Waals surface area (Å²) < 4.78 is 5.01. The summed E-state index contributed by atoms with van der Waals surface area (Å²) in [7, 11) is 0. The Bertz CT molecular complexity index is 5410. The van der Waals surface area contributed by atoms with Crippen LogP contribution in [0.15, 0.2) is 279 Å². The van der Waals surface area contributed by atoms with Crippen LogP contribution >= 0.6 is 0 Å². The standard InChI is InChI=1S/C98H91BN4/c1-94(2,3)68-42-32-62(33-43-68)66-40-52-75(64-36-46-70(47-37-64)96(7,8)9)87(56-66)102-89-60-73(100-83-28-20-16-24-77(83)78-25-17-21-29-84(78)100)50-54-81(89)99-82-55-51-74(101-85-30-22-18-26-79(85)80-27-19-23-31-86(80)101)61-90(82)103(92-59-72(98(13,14)15)58-91(102)93(92)99)88-57-67(63-34-44-69(45-35-63)95(4,5)6)41-53-76(88)65-38-48-71(49-39-65)97(10,11)12/h16-61H,1-15H3. The van der Waals surface area contributed by atoms with Crippen molar-refractivity contribution in [3.63, 3.8) is 0 Å². The van der Waals surface area contributed by atoms with Crippen LogP contribution in [0.4, 0.5) is 34.1 Å². The third-order valence-electron chi connectivity index (χ3n) is 22.4. The summed E-state index contributed by atoms with van der Waals surface area (Å²) in [4.78, 5) is 5.40. The molecule has 0 amide bonds. The first-order valence-electron chi connectivity index (χ1n) is 37.0. The van der Waals surface area contributed by atoms with E-state index in [1.54, 1.807) is 0 Å². The van der Waals surface area contributed by atoms with Gasteiger partial charge in [0.05, 0.1) is 33.4 Å². The Hall–Kier alpha value is -10.9. The smallest absolute Gasteiger partial charge is 0.252 e. The molecule has 0 saturated carbocycles. The van der Waals surface area contributed by atoms with E-state index in [1.807, 2.05) is 0 Å². The predicted octanol–water partition coefficient (Wildman–Crippen LogP) is 25.1. The minimum atomic E-state index is -0.306. The number of nitrogens with zero attached hydrogens (tertiary/aromatic N) is 4. The van der Waals surface area contributed by atoms with Crippen molar-refractivity contribution in [1.82, 2.24) is 9.13 Å². The molecule has 5 heteroatoms. The van der Waals surface area contributed by atoms with Gasteiger partial charge in [-0.15, -0.1) is 0 Å². The molecule has 17 rings (SSSR count). The molecule has 4 nitrogen and oxygen atoms in total. The number of benzene rings is 13. The molecular formula is C98H91BN4. The molecule has 0 N–H and O–H groups in total. The summed E-state index contributed by atoms with van der Waals surface area (Å²) in [5, 5.41) is 4.94. The lowest BCUT2D eigenvalue weighted by Crippen LogP contribution is -2.61. The largest absolute Gasteiger partial charge is 0.311 e. The monoisotopic (exact) mass is 1330 g/mol. The molecule has 103 heavy (non-hydrogen) atoms. The lowest BCUT2D eigenvalue weighted by Gasteiger charge is -2.46. The van der Waals surface area contributed by atoms with Gasteiger partial charge in [-0.1, -0.05) is 310 Å². The Kier molecular flexibility index (Phi) is 15.2. The maximum atomic E-state index is 2.70. The summed E-state index contributed by atoms with van der Waals surface area (Å²) in [6.07, 6.45) is 0. The summed E-state index contributed by atoms with van der Waals surface area (Å²) in [5.74, 6) is 0. The van der Waals surface area contributed by atoms with Crippen LogP contribution in [0.2, 0.25) is 0 Å². The van der Waals surface area contributed by atoms with Crippen molar-refractivity contribution < 1.29 is 0 Å². The van der Waals surface area contributed by atoms with E-state index in [2.05, 4.69) is 402 Å². The van der Waals surface area contributed by atoms with E-state index in [0.29, 0.717) is 0 Å². The molecule has 2 aromatic heterocycles. The molecular weight excluding hydrogens is 1240 g/mol. The summed E-state index contributed by atoms with van der Waals surface area (Å²) in [5.41, 5.74) is 33.0. The van der Waals surface area contributed by atoms with Crippen molar-refractivity contribution in [2.45, 2.75) is 131 Å². The highest BCUT2D eigenvalue weighted by Crippen LogP contribution is 2.53. The van der Waals surface area contributed by atoms with Gasteiger partial charge in [0.25, 0.3) is 6.71 Å². The Morgan fingerprint density at radius 1 is 0.223 bits per heavy atom. The van der Waals surface area contributed by atoms with E-state index in [4.69, 9.17) is 0 Å². The average molecular weight is 1340 g/mol. The fourth-order valence-corrected chi connectivity index (χ4v) is 16.5. The minimum absolute atomic E-state index is 0.00181. The molecule has 0 unspecified atom stereocenters. The predicted molar refractivity (Wildman–Crippen MR) is 444 cm³/mol. The van der Waals surface area contributed by atoms with E-state index in [0.717, 1.165) is 56.4 Å². The van der Waals surface area contributed by atoms with Crippen molar-refractivity contribution >= 4 is 101 Å². The van der Waals surface area contributed by atoms with Gasteiger partial charge < -0.3 is 18.9 Å². The lowest BCUT2D eigenvalue weighted by atomic mass is 9.33. The molecule has 0 bridgehead atoms. The highest BCUT2D eigenvalue weighted by Gasteiger charge is 2.46. The number of fused-ring (bicyclic) bond motifs is 10. The second kappa shape index (κ2) is 23.9. The quantitative estimate of drug-likeness (QED) is 0.141. The number of para-hydroxylation sites is 4. The molecule has 2 aliphatic heterocycles. The Balaban J connectivity index is 1.02. The zero-order chi connectivity index (χ0) is 71.4. The first kappa shape index (κ1) is 65.4. The molecule has 2 aliphatic rings. The number of rotatable bonds is 8. The summed E-state index contributed by atoms with van der Waals surface area (Å²) in [6.45, 7) is 34.7. The summed E-state index contributed by atoms with van der Waals surface area (Å²) >= 11 is 0. The van der Waals surface area contributed by atoms with Gasteiger partial charge in [-0.2, -0.15) is 0 Å². The molecule has 15 aromatic rings. The van der Waals surface area contributed by atoms with Gasteiger partial charge >= 0.3 is 0 Å². The van der Waals surface area contributed by atoms with E-state index >= 15 is 0 Å². The second-order valence-electron chi connectivity index (χ2n) is 34.3. The van der Waals surface area contributed by atoms with Crippen molar-refractivity contribution in [3.05, 3.63) is 307 Å². The van der Waals surface area contributed by atoms with E-state index in [-0.39, 0.29) is 33.8 Å². The van der Waals surface area contributed by atoms with Crippen molar-refractivity contribution in [1.29, 1.82) is 0 Å². The number of hydrogen-bond donors (Lipinski definition) is 0. The van der Waals surface area contributed by atoms with Crippen LogP contribution in [0.5, 0.6) is 0 Å². The molecule has 0 radical (unpaired) electrons. The van der Waals surface area contributed by atoms with Crippen LogP contribution in [0.25, 0.3) is 99.5 Å². The van der Waals surface area contributed by atoms with Gasteiger partial charge in [0, 0.05) is 66.8 Å². The molecule has 0 spiro atoms. The van der Waals surface area contributed by atoms with Crippen molar-refractivity contribution in [2.24, 2.45) is 0 Å². The number of hydrogen-bond acceptors (Lipinski definition) is 2. The molecule has 0 atom stereocenters. The van der Waals surface area contributed by atoms with Gasteiger partial charge in [0.1, 0.15) is 0 Å². The van der Waals surface area contributed by atoms with Crippen molar-refractivity contribution in [3.8, 4) is 55.9 Å². The maximum absolute atomic E-state index is 2.70. The fourth-order valence-electron chi connectivity index (χ4n) is 16.5. The Labute approximate surface area is 609 Å². The van der Waals surface area contributed by atoms with E-state index in [9.17, 15) is 0 Å². The van der Waals surface area contributed by atoms with Crippen LogP contribution in [-0.4, -0.2) is 15.8 Å². The van der Waals surface area contributed by atoms with Gasteiger partial charge in [-0.25, -0.2) is 0 Å². The topological polar surface area (TPSA) is 16.3 Å². The highest BCUT2D eigenvalue weighted by atomic mass is 15.2. The number of aromatic nitrogens is 2. The van der Waals surface area contributed by atoms with Gasteiger partial charge in [-0.3, -0.25) is 0 Å². The van der Waals surface area contributed by atoms with Crippen LogP contribution in [0.3, 0.4) is 0 Å². The fraction of sp³-hybridized carbons (Fsp3) is 0.204. The maximum Gasteiger partial charge on any atom is 0.252 e. The van der Waals surface area contributed by atoms with Crippen LogP contribution in [0, 0.1) is 0 Å². The summed E-state index contributed by atoms with van der Waals surface area (Å²) in [6, 6.07) is 108. The molecule has 0 aliphatic carbocycles. The van der Waals surface area contributed by atoms with Crippen molar-refractivity contribution in [2.75, 3.05) is 9.80 Å². The van der Waals surface area contributed by atoms with Crippen LogP contribution < -0.4 is 26.2 Å². The van der Waals surface area contributed by atoms with Gasteiger partial charge in [0.15, 0.2) is 0 Å². The third-order valence-corrected chi connectivity index (χ3v) is 22.4. The molecule has 506 valence electrons. The van der Waals surface area contributed by atoms with Crippen LogP contribution in [0.1, 0.15) is 132 Å².